The Morgan fingerprint density at radius 1 is 1.09 bits per heavy atom. The zero-order valence-electron chi connectivity index (χ0n) is 16.6. The number of rotatable bonds is 7. The van der Waals surface area contributed by atoms with Crippen molar-refractivity contribution in [2.45, 2.75) is 6.61 Å². The number of aromatic carboxylic acids is 1. The summed E-state index contributed by atoms with van der Waals surface area (Å²) < 4.78 is 5.67. The molecule has 160 valence electrons. The molecule has 0 saturated carbocycles. The third kappa shape index (κ3) is 5.88. The molecule has 0 atom stereocenters. The van der Waals surface area contributed by atoms with Crippen LogP contribution in [0.2, 0.25) is 5.02 Å². The lowest BCUT2D eigenvalue weighted by molar-refractivity contribution is -0.112. The van der Waals surface area contributed by atoms with Gasteiger partial charge in [-0.2, -0.15) is 5.26 Å². The Kier molecular flexibility index (Phi) is 7.11. The first-order chi connectivity index (χ1) is 15.4. The number of carbonyl (C=O) groups is 2. The molecule has 32 heavy (non-hydrogen) atoms. The quantitative estimate of drug-likeness (QED) is 0.269. The van der Waals surface area contributed by atoms with Crippen molar-refractivity contribution in [2.24, 2.45) is 0 Å². The van der Waals surface area contributed by atoms with E-state index >= 15 is 0 Å². The lowest BCUT2D eigenvalue weighted by Gasteiger charge is -2.09. The molecule has 0 spiro atoms. The summed E-state index contributed by atoms with van der Waals surface area (Å²) in [6.07, 6.45) is 1.39. The second kappa shape index (κ2) is 10.2. The van der Waals surface area contributed by atoms with Crippen molar-refractivity contribution >= 4 is 35.2 Å². The van der Waals surface area contributed by atoms with Crippen molar-refractivity contribution in [3.05, 3.63) is 94.0 Å². The number of carboxylic acid groups (broad SMARTS) is 1. The maximum Gasteiger partial charge on any atom is 0.335 e. The number of amides is 1. The number of hydrogen-bond donors (Lipinski definition) is 3. The highest BCUT2D eigenvalue weighted by Crippen LogP contribution is 2.27. The maximum atomic E-state index is 12.4. The molecule has 3 N–H and O–H groups in total. The van der Waals surface area contributed by atoms with Crippen molar-refractivity contribution in [1.82, 2.24) is 0 Å². The van der Waals surface area contributed by atoms with Gasteiger partial charge in [-0.25, -0.2) is 4.79 Å². The SMILES string of the molecule is N#CC(=Cc1ccc(OCc2cccc(C(=O)O)c2)c(Cl)c1)C(=O)Nc1ccc(O)cc1. The van der Waals surface area contributed by atoms with Gasteiger partial charge in [-0.05, 0) is 65.7 Å². The van der Waals surface area contributed by atoms with E-state index in [4.69, 9.17) is 21.4 Å². The van der Waals surface area contributed by atoms with Gasteiger partial charge in [-0.15, -0.1) is 0 Å². The van der Waals surface area contributed by atoms with Gasteiger partial charge in [0.2, 0.25) is 0 Å². The van der Waals surface area contributed by atoms with E-state index in [0.717, 1.165) is 0 Å². The van der Waals surface area contributed by atoms with Crippen LogP contribution in [0.15, 0.2) is 72.3 Å². The number of ether oxygens (including phenoxy) is 1. The average molecular weight is 449 g/mol. The van der Waals surface area contributed by atoms with E-state index < -0.39 is 11.9 Å². The molecular formula is C24H17ClN2O5. The van der Waals surface area contributed by atoms with E-state index in [0.29, 0.717) is 22.6 Å². The van der Waals surface area contributed by atoms with Gasteiger partial charge in [0.05, 0.1) is 10.6 Å². The Balaban J connectivity index is 1.70. The largest absolute Gasteiger partial charge is 0.508 e. The zero-order valence-corrected chi connectivity index (χ0v) is 17.3. The number of hydrogen-bond acceptors (Lipinski definition) is 5. The lowest BCUT2D eigenvalue weighted by Crippen LogP contribution is -2.13. The van der Waals surface area contributed by atoms with E-state index in [1.165, 1.54) is 42.5 Å². The fraction of sp³-hybridized carbons (Fsp3) is 0.0417. The van der Waals surface area contributed by atoms with Crippen LogP contribution in [-0.4, -0.2) is 22.1 Å². The molecule has 0 unspecified atom stereocenters. The molecule has 0 aromatic heterocycles. The van der Waals surface area contributed by atoms with Gasteiger partial charge in [0.25, 0.3) is 5.91 Å². The van der Waals surface area contributed by atoms with Crippen LogP contribution in [0, 0.1) is 11.3 Å². The molecule has 8 heteroatoms. The Hall–Kier alpha value is -4.28. The van der Waals surface area contributed by atoms with E-state index in [9.17, 15) is 20.0 Å². The smallest absolute Gasteiger partial charge is 0.335 e. The second-order valence-electron chi connectivity index (χ2n) is 6.65. The number of phenols is 1. The highest BCUT2D eigenvalue weighted by molar-refractivity contribution is 6.32. The van der Waals surface area contributed by atoms with Crippen LogP contribution >= 0.6 is 11.6 Å². The molecule has 0 saturated heterocycles. The standard InChI is InChI=1S/C24H17ClN2O5/c25-21-12-15(10-18(13-26)23(29)27-19-5-7-20(28)8-6-19)4-9-22(21)32-14-16-2-1-3-17(11-16)24(30)31/h1-12,28H,14H2,(H,27,29)(H,30,31). The van der Waals surface area contributed by atoms with Crippen LogP contribution in [0.1, 0.15) is 21.5 Å². The molecule has 0 aliphatic carbocycles. The van der Waals surface area contributed by atoms with Crippen LogP contribution in [0.3, 0.4) is 0 Å². The second-order valence-corrected chi connectivity index (χ2v) is 7.06. The molecule has 0 aliphatic rings. The van der Waals surface area contributed by atoms with Crippen LogP contribution in [0.25, 0.3) is 6.08 Å². The molecule has 0 bridgehead atoms. The lowest BCUT2D eigenvalue weighted by atomic mass is 10.1. The zero-order chi connectivity index (χ0) is 23.1. The third-order valence-corrected chi connectivity index (χ3v) is 4.62. The highest BCUT2D eigenvalue weighted by Gasteiger charge is 2.11. The molecule has 0 heterocycles. The summed E-state index contributed by atoms with van der Waals surface area (Å²) in [5.41, 5.74) is 1.65. The first kappa shape index (κ1) is 22.4. The normalized spacial score (nSPS) is 10.8. The fourth-order valence-corrected chi connectivity index (χ4v) is 2.98. The number of phenolic OH excluding ortho intramolecular Hbond substituents is 1. The Bertz CT molecular complexity index is 1230. The van der Waals surface area contributed by atoms with Gasteiger partial charge in [0, 0.05) is 5.69 Å². The van der Waals surface area contributed by atoms with Crippen molar-refractivity contribution in [3.63, 3.8) is 0 Å². The van der Waals surface area contributed by atoms with Crippen LogP contribution in [0.5, 0.6) is 11.5 Å². The third-order valence-electron chi connectivity index (χ3n) is 4.33. The van der Waals surface area contributed by atoms with Crippen LogP contribution in [0.4, 0.5) is 5.69 Å². The minimum Gasteiger partial charge on any atom is -0.508 e. The van der Waals surface area contributed by atoms with Gasteiger partial charge in [0.15, 0.2) is 0 Å². The van der Waals surface area contributed by atoms with Crippen molar-refractivity contribution in [1.29, 1.82) is 5.26 Å². The van der Waals surface area contributed by atoms with E-state index in [1.54, 1.807) is 30.3 Å². The van der Waals surface area contributed by atoms with E-state index in [2.05, 4.69) is 5.32 Å². The van der Waals surface area contributed by atoms with E-state index in [-0.39, 0.29) is 28.5 Å². The summed E-state index contributed by atoms with van der Waals surface area (Å²) >= 11 is 6.27. The molecule has 0 aliphatic heterocycles. The number of carboxylic acids is 1. The molecule has 3 aromatic rings. The molecule has 1 amide bonds. The number of halogens is 1. The van der Waals surface area contributed by atoms with Crippen molar-refractivity contribution < 1.29 is 24.5 Å². The van der Waals surface area contributed by atoms with Crippen molar-refractivity contribution in [3.8, 4) is 17.6 Å². The maximum absolute atomic E-state index is 12.4. The van der Waals surface area contributed by atoms with Gasteiger partial charge in [-0.3, -0.25) is 4.79 Å². The Morgan fingerprint density at radius 3 is 2.50 bits per heavy atom. The van der Waals surface area contributed by atoms with Gasteiger partial charge in [0.1, 0.15) is 29.7 Å². The Labute approximate surface area is 188 Å². The molecular weight excluding hydrogens is 432 g/mol. The minimum atomic E-state index is -1.02. The number of aromatic hydroxyl groups is 1. The van der Waals surface area contributed by atoms with Crippen LogP contribution in [-0.2, 0) is 11.4 Å². The van der Waals surface area contributed by atoms with Gasteiger partial charge < -0.3 is 20.3 Å². The monoisotopic (exact) mass is 448 g/mol. The number of anilines is 1. The van der Waals surface area contributed by atoms with E-state index in [1.807, 2.05) is 6.07 Å². The molecule has 0 fully saturated rings. The minimum absolute atomic E-state index is 0.0607. The topological polar surface area (TPSA) is 120 Å². The summed E-state index contributed by atoms with van der Waals surface area (Å²) in [5, 5.41) is 30.6. The highest BCUT2D eigenvalue weighted by atomic mass is 35.5. The van der Waals surface area contributed by atoms with Crippen LogP contribution < -0.4 is 10.1 Å². The average Bonchev–Trinajstić information content (AvgIpc) is 2.78. The predicted molar refractivity (Wildman–Crippen MR) is 120 cm³/mol. The van der Waals surface area contributed by atoms with Gasteiger partial charge >= 0.3 is 5.97 Å². The molecule has 3 rings (SSSR count). The summed E-state index contributed by atoms with van der Waals surface area (Å²) in [6.45, 7) is 0.120. The summed E-state index contributed by atoms with van der Waals surface area (Å²) in [7, 11) is 0. The molecule has 3 aromatic carbocycles. The van der Waals surface area contributed by atoms with Crippen molar-refractivity contribution in [2.75, 3.05) is 5.32 Å². The molecule has 7 nitrogen and oxygen atoms in total. The number of carbonyl (C=O) groups excluding carboxylic acids is 1. The predicted octanol–water partition coefficient (Wildman–Crippen LogP) is 4.87. The number of nitrogens with zero attached hydrogens (tertiary/aromatic N) is 1. The molecule has 0 radical (unpaired) electrons. The van der Waals surface area contributed by atoms with Gasteiger partial charge in [-0.1, -0.05) is 29.8 Å². The first-order valence-corrected chi connectivity index (χ1v) is 9.70. The summed E-state index contributed by atoms with van der Waals surface area (Å²) in [5.74, 6) is -1.20. The summed E-state index contributed by atoms with van der Waals surface area (Å²) in [4.78, 5) is 23.4. The number of nitriles is 1. The number of nitrogens with one attached hydrogen (secondary N) is 1. The first-order valence-electron chi connectivity index (χ1n) is 9.32. The summed E-state index contributed by atoms with van der Waals surface area (Å²) in [6, 6.07) is 18.9. The number of benzene rings is 3. The Morgan fingerprint density at radius 2 is 1.84 bits per heavy atom. The fourth-order valence-electron chi connectivity index (χ4n) is 2.74.